The monoisotopic (exact) mass is 480 g/mol. The van der Waals surface area contributed by atoms with Crippen LogP contribution in [0.25, 0.3) is 5.69 Å². The van der Waals surface area contributed by atoms with E-state index in [1.165, 1.54) is 52.9 Å². The minimum Gasteiger partial charge on any atom is -0.378 e. The van der Waals surface area contributed by atoms with Gasteiger partial charge in [0.05, 0.1) is 36.3 Å². The molecule has 33 heavy (non-hydrogen) atoms. The molecule has 1 amide bonds. The fraction of sp³-hybridized carbons (Fsp3) is 0.273. The van der Waals surface area contributed by atoms with Crippen LogP contribution in [0.2, 0.25) is 0 Å². The third-order valence-electron chi connectivity index (χ3n) is 5.15. The van der Waals surface area contributed by atoms with Crippen molar-refractivity contribution in [2.45, 2.75) is 11.3 Å². The maximum Gasteiger partial charge on any atom is 0.416 e. The Morgan fingerprint density at radius 3 is 2.45 bits per heavy atom. The molecule has 11 heteroatoms. The number of hydrogen-bond donors (Lipinski definition) is 1. The van der Waals surface area contributed by atoms with Gasteiger partial charge in [-0.25, -0.2) is 9.37 Å². The minimum absolute atomic E-state index is 0.0364. The average Bonchev–Trinajstić information content (AvgIpc) is 3.24. The van der Waals surface area contributed by atoms with Crippen LogP contribution < -0.4 is 10.2 Å². The molecule has 0 bridgehead atoms. The number of aromatic nitrogens is 2. The number of benzene rings is 2. The Balaban J connectivity index is 1.72. The van der Waals surface area contributed by atoms with Gasteiger partial charge in [-0.05, 0) is 48.7 Å². The zero-order valence-electron chi connectivity index (χ0n) is 17.5. The number of ether oxygens (including phenoxy) is 1. The number of carbonyl (C=O) groups is 1. The van der Waals surface area contributed by atoms with E-state index in [0.717, 1.165) is 12.1 Å². The fourth-order valence-corrected chi connectivity index (χ4v) is 4.10. The summed E-state index contributed by atoms with van der Waals surface area (Å²) in [6.07, 6.45) is -1.45. The first-order valence-electron chi connectivity index (χ1n) is 10.0. The van der Waals surface area contributed by atoms with Crippen molar-refractivity contribution in [1.29, 1.82) is 0 Å². The van der Waals surface area contributed by atoms with Crippen molar-refractivity contribution in [1.82, 2.24) is 9.55 Å². The van der Waals surface area contributed by atoms with Crippen LogP contribution in [0.1, 0.15) is 16.1 Å². The molecule has 1 N–H and O–H groups in total. The zero-order valence-corrected chi connectivity index (χ0v) is 18.3. The van der Waals surface area contributed by atoms with Crippen LogP contribution in [-0.4, -0.2) is 48.0 Å². The van der Waals surface area contributed by atoms with Crippen LogP contribution in [-0.2, 0) is 10.9 Å². The number of amides is 1. The van der Waals surface area contributed by atoms with Gasteiger partial charge in [0, 0.05) is 18.8 Å². The van der Waals surface area contributed by atoms with Gasteiger partial charge in [0.15, 0.2) is 5.16 Å². The summed E-state index contributed by atoms with van der Waals surface area (Å²) in [5, 5.41) is 3.11. The highest BCUT2D eigenvalue weighted by Gasteiger charge is 2.32. The lowest BCUT2D eigenvalue weighted by Gasteiger charge is -2.31. The number of imidazole rings is 1. The molecule has 2 heterocycles. The van der Waals surface area contributed by atoms with Crippen molar-refractivity contribution in [2.24, 2.45) is 0 Å². The van der Waals surface area contributed by atoms with Gasteiger partial charge in [-0.1, -0.05) is 11.8 Å². The van der Waals surface area contributed by atoms with E-state index in [0.29, 0.717) is 42.8 Å². The van der Waals surface area contributed by atoms with Gasteiger partial charge in [0.1, 0.15) is 11.5 Å². The molecule has 174 valence electrons. The molecule has 1 saturated heterocycles. The Hall–Kier alpha value is -3.05. The van der Waals surface area contributed by atoms with Crippen molar-refractivity contribution < 1.29 is 27.1 Å². The van der Waals surface area contributed by atoms with Gasteiger partial charge in [0.25, 0.3) is 5.91 Å². The fourth-order valence-electron chi connectivity index (χ4n) is 3.56. The van der Waals surface area contributed by atoms with E-state index in [9.17, 15) is 22.4 Å². The quantitative estimate of drug-likeness (QED) is 0.418. The zero-order chi connectivity index (χ0) is 23.6. The van der Waals surface area contributed by atoms with Crippen LogP contribution in [0.4, 0.5) is 28.9 Å². The highest BCUT2D eigenvalue weighted by atomic mass is 32.2. The number of nitrogens with zero attached hydrogens (tertiary/aromatic N) is 3. The predicted molar refractivity (Wildman–Crippen MR) is 118 cm³/mol. The Morgan fingerprint density at radius 1 is 1.12 bits per heavy atom. The average molecular weight is 480 g/mol. The molecule has 1 aromatic heterocycles. The van der Waals surface area contributed by atoms with Gasteiger partial charge < -0.3 is 15.0 Å². The topological polar surface area (TPSA) is 59.4 Å². The van der Waals surface area contributed by atoms with Crippen LogP contribution in [0, 0.1) is 5.82 Å². The van der Waals surface area contributed by atoms with Crippen molar-refractivity contribution in [3.63, 3.8) is 0 Å². The largest absolute Gasteiger partial charge is 0.416 e. The van der Waals surface area contributed by atoms with E-state index >= 15 is 0 Å². The molecule has 2 aromatic carbocycles. The van der Waals surface area contributed by atoms with Gasteiger partial charge in [-0.15, -0.1) is 0 Å². The lowest BCUT2D eigenvalue weighted by Crippen LogP contribution is -2.37. The van der Waals surface area contributed by atoms with Crippen molar-refractivity contribution in [2.75, 3.05) is 42.8 Å². The molecule has 1 aliphatic heterocycles. The normalized spacial score (nSPS) is 14.4. The summed E-state index contributed by atoms with van der Waals surface area (Å²) in [6, 6.07) is 8.78. The van der Waals surface area contributed by atoms with Gasteiger partial charge in [-0.2, -0.15) is 13.2 Å². The number of alkyl halides is 3. The second-order valence-corrected chi connectivity index (χ2v) is 8.00. The standard InChI is InChI=1S/C22H20F4N4O2S/c1-33-21-27-13-19(30(21)16-5-3-15(23)4-6-16)20(31)28-17-12-14(22(24,25)26)2-7-18(17)29-8-10-32-11-9-29/h2-7,12-13H,8-11H2,1H3,(H,28,31). The maximum atomic E-state index is 13.4. The van der Waals surface area contributed by atoms with Gasteiger partial charge in [-0.3, -0.25) is 9.36 Å². The highest BCUT2D eigenvalue weighted by molar-refractivity contribution is 7.98. The molecule has 0 atom stereocenters. The third-order valence-corrected chi connectivity index (χ3v) is 5.81. The number of nitrogens with one attached hydrogen (secondary N) is 1. The van der Waals surface area contributed by atoms with E-state index in [2.05, 4.69) is 10.3 Å². The molecule has 1 fully saturated rings. The van der Waals surface area contributed by atoms with Crippen LogP contribution in [0.15, 0.2) is 53.8 Å². The Labute approximate surface area is 191 Å². The summed E-state index contributed by atoms with van der Waals surface area (Å²) in [5.41, 5.74) is 0.246. The van der Waals surface area contributed by atoms with E-state index < -0.39 is 23.5 Å². The van der Waals surface area contributed by atoms with Crippen LogP contribution >= 0.6 is 11.8 Å². The van der Waals surface area contributed by atoms with E-state index in [1.54, 1.807) is 6.26 Å². The van der Waals surface area contributed by atoms with E-state index in [1.807, 2.05) is 4.90 Å². The molecular weight excluding hydrogens is 460 g/mol. The van der Waals surface area contributed by atoms with Crippen LogP contribution in [0.3, 0.4) is 0 Å². The number of hydrogen-bond acceptors (Lipinski definition) is 5. The number of morpholine rings is 1. The third kappa shape index (κ3) is 4.98. The first-order chi connectivity index (χ1) is 15.8. The molecular formula is C22H20F4N4O2S. The van der Waals surface area contributed by atoms with Crippen molar-refractivity contribution in [3.05, 3.63) is 65.7 Å². The number of carbonyl (C=O) groups excluding carboxylic acids is 1. The van der Waals surface area contributed by atoms with Crippen molar-refractivity contribution in [3.8, 4) is 5.69 Å². The molecule has 4 rings (SSSR count). The molecule has 0 aliphatic carbocycles. The molecule has 0 radical (unpaired) electrons. The Bertz CT molecular complexity index is 1140. The molecule has 0 saturated carbocycles. The lowest BCUT2D eigenvalue weighted by molar-refractivity contribution is -0.137. The number of anilines is 2. The molecule has 0 unspecified atom stereocenters. The molecule has 1 aliphatic rings. The smallest absolute Gasteiger partial charge is 0.378 e. The Morgan fingerprint density at radius 2 is 1.82 bits per heavy atom. The SMILES string of the molecule is CSc1ncc(C(=O)Nc2cc(C(F)(F)F)ccc2N2CCOCC2)n1-c1ccc(F)cc1. The molecule has 6 nitrogen and oxygen atoms in total. The highest BCUT2D eigenvalue weighted by Crippen LogP contribution is 2.36. The number of halogens is 4. The molecule has 0 spiro atoms. The first kappa shape index (κ1) is 23.1. The summed E-state index contributed by atoms with van der Waals surface area (Å²) in [5.74, 6) is -1.07. The second-order valence-electron chi connectivity index (χ2n) is 7.23. The van der Waals surface area contributed by atoms with Gasteiger partial charge >= 0.3 is 6.18 Å². The lowest BCUT2D eigenvalue weighted by atomic mass is 10.1. The molecule has 3 aromatic rings. The maximum absolute atomic E-state index is 13.4. The number of thioether (sulfide) groups is 1. The summed E-state index contributed by atoms with van der Waals surface area (Å²) >= 11 is 1.28. The predicted octanol–water partition coefficient (Wildman–Crippen LogP) is 4.84. The second kappa shape index (κ2) is 9.44. The first-order valence-corrected chi connectivity index (χ1v) is 11.2. The summed E-state index contributed by atoms with van der Waals surface area (Å²) in [6.45, 7) is 1.84. The summed E-state index contributed by atoms with van der Waals surface area (Å²) < 4.78 is 60.4. The summed E-state index contributed by atoms with van der Waals surface area (Å²) in [7, 11) is 0. The van der Waals surface area contributed by atoms with E-state index in [-0.39, 0.29) is 11.4 Å². The van der Waals surface area contributed by atoms with Crippen LogP contribution in [0.5, 0.6) is 0 Å². The minimum atomic E-state index is -4.56. The Kier molecular flexibility index (Phi) is 6.61. The van der Waals surface area contributed by atoms with E-state index in [4.69, 9.17) is 4.74 Å². The summed E-state index contributed by atoms with van der Waals surface area (Å²) in [4.78, 5) is 19.3. The van der Waals surface area contributed by atoms with Gasteiger partial charge in [0.2, 0.25) is 0 Å². The number of rotatable bonds is 5. The van der Waals surface area contributed by atoms with Crippen molar-refractivity contribution >= 4 is 29.0 Å².